The van der Waals surface area contributed by atoms with E-state index in [1.54, 1.807) is 0 Å². The molecule has 4 heteroatoms. The first-order valence-corrected chi connectivity index (χ1v) is 5.58. The molecular weight excluding hydrogens is 192 g/mol. The molecule has 84 valence electrons. The van der Waals surface area contributed by atoms with Crippen LogP contribution in [0.1, 0.15) is 50.9 Å². The lowest BCUT2D eigenvalue weighted by atomic mass is 10.1. The number of nitrogens with zero attached hydrogens (tertiary/aromatic N) is 2. The fraction of sp³-hybridized carbons (Fsp3) is 0.727. The Morgan fingerprint density at radius 2 is 2.33 bits per heavy atom. The van der Waals surface area contributed by atoms with Crippen LogP contribution in [0, 0.1) is 0 Å². The van der Waals surface area contributed by atoms with Crippen LogP contribution in [-0.2, 0) is 4.74 Å². The van der Waals surface area contributed by atoms with E-state index in [2.05, 4.69) is 18.9 Å². The van der Waals surface area contributed by atoms with Crippen molar-refractivity contribution in [2.24, 2.45) is 0 Å². The first-order chi connectivity index (χ1) is 7.20. The van der Waals surface area contributed by atoms with Gasteiger partial charge >= 0.3 is 0 Å². The van der Waals surface area contributed by atoms with Crippen molar-refractivity contribution in [1.29, 1.82) is 0 Å². The van der Waals surface area contributed by atoms with E-state index >= 15 is 0 Å². The number of aromatic hydroxyl groups is 1. The van der Waals surface area contributed by atoms with Crippen molar-refractivity contribution in [2.75, 3.05) is 6.61 Å². The van der Waals surface area contributed by atoms with E-state index in [1.807, 2.05) is 4.68 Å². The molecule has 0 saturated carbocycles. The summed E-state index contributed by atoms with van der Waals surface area (Å²) in [6.07, 6.45) is 4.78. The summed E-state index contributed by atoms with van der Waals surface area (Å²) in [5, 5.41) is 13.9. The summed E-state index contributed by atoms with van der Waals surface area (Å²) in [6.45, 7) is 4.89. The second-order valence-electron chi connectivity index (χ2n) is 4.31. The molecule has 1 N–H and O–H groups in total. The lowest BCUT2D eigenvalue weighted by molar-refractivity contribution is 0.00748. The maximum Gasteiger partial charge on any atom is 0.159 e. The number of ether oxygens (including phenoxy) is 1. The van der Waals surface area contributed by atoms with Gasteiger partial charge in [0.2, 0.25) is 0 Å². The van der Waals surface area contributed by atoms with Crippen molar-refractivity contribution in [3.8, 4) is 5.75 Å². The molecule has 0 radical (unpaired) electrons. The molecule has 4 nitrogen and oxygen atoms in total. The van der Waals surface area contributed by atoms with Crippen molar-refractivity contribution in [1.82, 2.24) is 9.78 Å². The standard InChI is InChI=1S/C11H18N2O2/c1-8(2)13-11(9(14)7-12-13)10-5-3-4-6-15-10/h7-8,10,14H,3-6H2,1-2H3. The molecule has 1 saturated heterocycles. The summed E-state index contributed by atoms with van der Waals surface area (Å²) in [5.41, 5.74) is 0.838. The number of hydrogen-bond donors (Lipinski definition) is 1. The zero-order valence-electron chi connectivity index (χ0n) is 9.31. The minimum Gasteiger partial charge on any atom is -0.504 e. The highest BCUT2D eigenvalue weighted by Gasteiger charge is 2.24. The van der Waals surface area contributed by atoms with Gasteiger partial charge in [0, 0.05) is 12.6 Å². The highest BCUT2D eigenvalue weighted by atomic mass is 16.5. The molecule has 1 aromatic rings. The lowest BCUT2D eigenvalue weighted by Gasteiger charge is -2.24. The Hall–Kier alpha value is -1.03. The molecule has 1 aliphatic heterocycles. The van der Waals surface area contributed by atoms with Crippen LogP contribution in [0.3, 0.4) is 0 Å². The maximum absolute atomic E-state index is 9.77. The minimum absolute atomic E-state index is 0.0173. The third-order valence-corrected chi connectivity index (χ3v) is 2.79. The largest absolute Gasteiger partial charge is 0.504 e. The third kappa shape index (κ3) is 2.00. The van der Waals surface area contributed by atoms with Crippen LogP contribution in [-0.4, -0.2) is 21.5 Å². The SMILES string of the molecule is CC(C)n1ncc(O)c1C1CCCCO1. The first-order valence-electron chi connectivity index (χ1n) is 5.58. The normalized spacial score (nSPS) is 22.2. The minimum atomic E-state index is 0.0173. The van der Waals surface area contributed by atoms with Gasteiger partial charge in [-0.25, -0.2) is 0 Å². The lowest BCUT2D eigenvalue weighted by Crippen LogP contribution is -2.17. The van der Waals surface area contributed by atoms with E-state index < -0.39 is 0 Å². The van der Waals surface area contributed by atoms with Crippen LogP contribution in [0.4, 0.5) is 0 Å². The zero-order chi connectivity index (χ0) is 10.8. The van der Waals surface area contributed by atoms with E-state index in [9.17, 15) is 5.11 Å². The van der Waals surface area contributed by atoms with Crippen LogP contribution < -0.4 is 0 Å². The van der Waals surface area contributed by atoms with Crippen molar-refractivity contribution >= 4 is 0 Å². The highest BCUT2D eigenvalue weighted by molar-refractivity contribution is 5.26. The monoisotopic (exact) mass is 210 g/mol. The molecule has 0 bridgehead atoms. The maximum atomic E-state index is 9.77. The predicted molar refractivity (Wildman–Crippen MR) is 56.8 cm³/mol. The summed E-state index contributed by atoms with van der Waals surface area (Å²) >= 11 is 0. The predicted octanol–water partition coefficient (Wildman–Crippen LogP) is 2.41. The van der Waals surface area contributed by atoms with E-state index in [1.165, 1.54) is 6.20 Å². The average molecular weight is 210 g/mol. The van der Waals surface area contributed by atoms with Gasteiger partial charge in [-0.05, 0) is 33.1 Å². The Morgan fingerprint density at radius 1 is 1.53 bits per heavy atom. The van der Waals surface area contributed by atoms with Crippen molar-refractivity contribution in [2.45, 2.75) is 45.3 Å². The summed E-state index contributed by atoms with van der Waals surface area (Å²) in [7, 11) is 0. The Labute approximate surface area is 89.9 Å². The van der Waals surface area contributed by atoms with Crippen LogP contribution in [0.2, 0.25) is 0 Å². The summed E-state index contributed by atoms with van der Waals surface area (Å²) in [4.78, 5) is 0. The van der Waals surface area contributed by atoms with Crippen LogP contribution >= 0.6 is 0 Å². The Balaban J connectivity index is 2.28. The zero-order valence-corrected chi connectivity index (χ0v) is 9.31. The van der Waals surface area contributed by atoms with E-state index in [4.69, 9.17) is 4.74 Å². The topological polar surface area (TPSA) is 47.3 Å². The van der Waals surface area contributed by atoms with Crippen LogP contribution in [0.25, 0.3) is 0 Å². The summed E-state index contributed by atoms with van der Waals surface area (Å²) in [6, 6.07) is 0.256. The average Bonchev–Trinajstić information content (AvgIpc) is 2.61. The van der Waals surface area contributed by atoms with E-state index in [0.717, 1.165) is 31.6 Å². The molecule has 1 atom stereocenters. The van der Waals surface area contributed by atoms with Gasteiger partial charge in [0.15, 0.2) is 5.75 Å². The van der Waals surface area contributed by atoms with Gasteiger partial charge in [0.05, 0.1) is 6.20 Å². The third-order valence-electron chi connectivity index (χ3n) is 2.79. The van der Waals surface area contributed by atoms with Gasteiger partial charge in [-0.3, -0.25) is 4.68 Å². The second-order valence-corrected chi connectivity index (χ2v) is 4.31. The molecule has 0 spiro atoms. The van der Waals surface area contributed by atoms with Crippen LogP contribution in [0.15, 0.2) is 6.20 Å². The summed E-state index contributed by atoms with van der Waals surface area (Å²) in [5.74, 6) is 0.260. The van der Waals surface area contributed by atoms with Gasteiger partial charge in [-0.15, -0.1) is 0 Å². The molecule has 2 heterocycles. The number of aromatic nitrogens is 2. The number of rotatable bonds is 2. The number of hydrogen-bond acceptors (Lipinski definition) is 3. The van der Waals surface area contributed by atoms with Gasteiger partial charge in [0.1, 0.15) is 11.8 Å². The smallest absolute Gasteiger partial charge is 0.159 e. The fourth-order valence-corrected chi connectivity index (χ4v) is 2.04. The molecule has 0 aromatic carbocycles. The molecule has 0 aliphatic carbocycles. The fourth-order valence-electron chi connectivity index (χ4n) is 2.04. The molecule has 0 amide bonds. The van der Waals surface area contributed by atoms with E-state index in [-0.39, 0.29) is 17.9 Å². The van der Waals surface area contributed by atoms with Crippen molar-refractivity contribution in [3.05, 3.63) is 11.9 Å². The molecule has 1 aromatic heterocycles. The van der Waals surface area contributed by atoms with Gasteiger partial charge < -0.3 is 9.84 Å². The van der Waals surface area contributed by atoms with Gasteiger partial charge in [-0.2, -0.15) is 5.10 Å². The first kappa shape index (κ1) is 10.5. The molecule has 1 fully saturated rings. The quantitative estimate of drug-likeness (QED) is 0.815. The van der Waals surface area contributed by atoms with Crippen molar-refractivity contribution in [3.63, 3.8) is 0 Å². The van der Waals surface area contributed by atoms with Gasteiger partial charge in [0.25, 0.3) is 0 Å². The molecule has 15 heavy (non-hydrogen) atoms. The molecule has 1 aliphatic rings. The Bertz CT molecular complexity index is 327. The summed E-state index contributed by atoms with van der Waals surface area (Å²) < 4.78 is 7.53. The highest BCUT2D eigenvalue weighted by Crippen LogP contribution is 2.34. The Kier molecular flexibility index (Phi) is 2.95. The Morgan fingerprint density at radius 3 is 2.93 bits per heavy atom. The molecule has 2 rings (SSSR count). The van der Waals surface area contributed by atoms with Crippen molar-refractivity contribution < 1.29 is 9.84 Å². The molecule has 1 unspecified atom stereocenters. The van der Waals surface area contributed by atoms with Crippen LogP contribution in [0.5, 0.6) is 5.75 Å². The van der Waals surface area contributed by atoms with Gasteiger partial charge in [-0.1, -0.05) is 0 Å². The van der Waals surface area contributed by atoms with E-state index in [0.29, 0.717) is 0 Å². The second kappa shape index (κ2) is 4.23. The molecular formula is C11H18N2O2.